The van der Waals surface area contributed by atoms with Crippen LogP contribution in [-0.4, -0.2) is 23.1 Å². The van der Waals surface area contributed by atoms with Crippen LogP contribution in [0.1, 0.15) is 11.1 Å². The predicted molar refractivity (Wildman–Crippen MR) is 73.5 cm³/mol. The summed E-state index contributed by atoms with van der Waals surface area (Å²) < 4.78 is 5.01. The van der Waals surface area contributed by atoms with E-state index in [0.29, 0.717) is 21.9 Å². The van der Waals surface area contributed by atoms with Gasteiger partial charge in [0.05, 0.1) is 7.11 Å². The maximum Gasteiger partial charge on any atom is 0.128 e. The number of oxime groups is 1. The largest absolute Gasteiger partial charge is 0.507 e. The minimum atomic E-state index is -0.0258. The maximum absolute atomic E-state index is 9.94. The van der Waals surface area contributed by atoms with Crippen LogP contribution in [0.4, 0.5) is 0 Å². The quantitative estimate of drug-likeness (QED) is 0.514. The lowest BCUT2D eigenvalue weighted by Crippen LogP contribution is -2.03. The van der Waals surface area contributed by atoms with Crippen molar-refractivity contribution in [1.82, 2.24) is 0 Å². The number of aromatic hydroxyl groups is 1. The molecule has 4 nitrogen and oxygen atoms in total. The molecule has 2 N–H and O–H groups in total. The number of halogens is 1. The van der Waals surface area contributed by atoms with E-state index >= 15 is 0 Å². The summed E-state index contributed by atoms with van der Waals surface area (Å²) in [4.78, 5) is 0. The third kappa shape index (κ3) is 2.80. The van der Waals surface area contributed by atoms with Crippen molar-refractivity contribution in [1.29, 1.82) is 0 Å². The lowest BCUT2D eigenvalue weighted by Gasteiger charge is -2.09. The Labute approximate surface area is 115 Å². The molecule has 0 fully saturated rings. The molecule has 0 atom stereocenters. The summed E-state index contributed by atoms with van der Waals surface area (Å²) in [6.07, 6.45) is 0. The number of hydrogen-bond donors (Lipinski definition) is 2. The minimum Gasteiger partial charge on any atom is -0.507 e. The van der Waals surface area contributed by atoms with Crippen LogP contribution < -0.4 is 4.74 Å². The Kier molecular flexibility index (Phi) is 3.92. The molecule has 0 aliphatic carbocycles. The number of phenolic OH excluding ortho intramolecular Hbond substituents is 1. The van der Waals surface area contributed by atoms with Gasteiger partial charge in [0, 0.05) is 22.2 Å². The lowest BCUT2D eigenvalue weighted by atomic mass is 10.0. The fourth-order valence-corrected chi connectivity index (χ4v) is 1.84. The smallest absolute Gasteiger partial charge is 0.128 e. The SMILES string of the molecule is COc1ccc(C(=NO)c2ccc(Cl)cc2)c(O)c1. The molecule has 0 amide bonds. The Morgan fingerprint density at radius 1 is 1.16 bits per heavy atom. The fraction of sp³-hybridized carbons (Fsp3) is 0.0714. The van der Waals surface area contributed by atoms with E-state index in [9.17, 15) is 5.11 Å². The fourth-order valence-electron chi connectivity index (χ4n) is 1.71. The van der Waals surface area contributed by atoms with Gasteiger partial charge in [0.2, 0.25) is 0 Å². The molecule has 0 saturated heterocycles. The Morgan fingerprint density at radius 3 is 2.37 bits per heavy atom. The second-order valence-electron chi connectivity index (χ2n) is 3.84. The number of phenols is 1. The molecule has 0 saturated carbocycles. The van der Waals surface area contributed by atoms with Gasteiger partial charge in [-0.2, -0.15) is 0 Å². The average Bonchev–Trinajstić information content (AvgIpc) is 2.43. The van der Waals surface area contributed by atoms with E-state index < -0.39 is 0 Å². The van der Waals surface area contributed by atoms with Crippen molar-refractivity contribution in [2.24, 2.45) is 5.16 Å². The molecule has 0 bridgehead atoms. The predicted octanol–water partition coefficient (Wildman–Crippen LogP) is 3.28. The van der Waals surface area contributed by atoms with Gasteiger partial charge in [0.1, 0.15) is 17.2 Å². The molecule has 0 heterocycles. The third-order valence-electron chi connectivity index (χ3n) is 2.68. The van der Waals surface area contributed by atoms with E-state index in [0.717, 1.165) is 0 Å². The molecule has 19 heavy (non-hydrogen) atoms. The first-order valence-corrected chi connectivity index (χ1v) is 5.89. The highest BCUT2D eigenvalue weighted by Gasteiger charge is 2.13. The topological polar surface area (TPSA) is 62.0 Å². The zero-order valence-electron chi connectivity index (χ0n) is 10.2. The summed E-state index contributed by atoms with van der Waals surface area (Å²) in [6.45, 7) is 0. The van der Waals surface area contributed by atoms with Gasteiger partial charge < -0.3 is 15.1 Å². The van der Waals surface area contributed by atoms with Crippen LogP contribution in [0.3, 0.4) is 0 Å². The Balaban J connectivity index is 2.46. The first kappa shape index (κ1) is 13.2. The van der Waals surface area contributed by atoms with E-state index in [1.165, 1.54) is 13.2 Å². The van der Waals surface area contributed by atoms with Crippen LogP contribution in [-0.2, 0) is 0 Å². The van der Waals surface area contributed by atoms with Crippen molar-refractivity contribution >= 4 is 17.3 Å². The number of rotatable bonds is 3. The molecule has 0 unspecified atom stereocenters. The Bertz CT molecular complexity index is 609. The van der Waals surface area contributed by atoms with Crippen LogP contribution in [0.15, 0.2) is 47.6 Å². The molecule has 5 heteroatoms. The zero-order chi connectivity index (χ0) is 13.8. The van der Waals surface area contributed by atoms with Crippen molar-refractivity contribution in [3.05, 3.63) is 58.6 Å². The molecule has 0 aliphatic rings. The van der Waals surface area contributed by atoms with Gasteiger partial charge in [-0.15, -0.1) is 0 Å². The van der Waals surface area contributed by atoms with E-state index in [4.69, 9.17) is 21.5 Å². The average molecular weight is 278 g/mol. The third-order valence-corrected chi connectivity index (χ3v) is 2.93. The number of methoxy groups -OCH3 is 1. The highest BCUT2D eigenvalue weighted by atomic mass is 35.5. The number of ether oxygens (including phenoxy) is 1. The molecule has 2 aromatic rings. The minimum absolute atomic E-state index is 0.0258. The number of nitrogens with zero attached hydrogens (tertiary/aromatic N) is 1. The molecule has 2 rings (SSSR count). The number of benzene rings is 2. The lowest BCUT2D eigenvalue weighted by molar-refractivity contribution is 0.319. The summed E-state index contributed by atoms with van der Waals surface area (Å²) in [6, 6.07) is 11.5. The highest BCUT2D eigenvalue weighted by molar-refractivity contribution is 6.30. The molecular weight excluding hydrogens is 266 g/mol. The second-order valence-corrected chi connectivity index (χ2v) is 4.28. The van der Waals surface area contributed by atoms with Gasteiger partial charge in [-0.05, 0) is 24.3 Å². The Morgan fingerprint density at radius 2 is 1.84 bits per heavy atom. The summed E-state index contributed by atoms with van der Waals surface area (Å²) in [5, 5.41) is 22.9. The van der Waals surface area contributed by atoms with Gasteiger partial charge in [0.25, 0.3) is 0 Å². The standard InChI is InChI=1S/C14H12ClNO3/c1-19-11-6-7-12(13(17)8-11)14(16-18)9-2-4-10(15)5-3-9/h2-8,17-18H,1H3. The van der Waals surface area contributed by atoms with E-state index in [-0.39, 0.29) is 11.5 Å². The summed E-state index contributed by atoms with van der Waals surface area (Å²) in [5.74, 6) is 0.497. The summed E-state index contributed by atoms with van der Waals surface area (Å²) >= 11 is 5.81. The van der Waals surface area contributed by atoms with E-state index in [1.807, 2.05) is 0 Å². The van der Waals surface area contributed by atoms with E-state index in [1.54, 1.807) is 36.4 Å². The van der Waals surface area contributed by atoms with Crippen LogP contribution in [0, 0.1) is 0 Å². The molecule has 2 aromatic carbocycles. The monoisotopic (exact) mass is 277 g/mol. The van der Waals surface area contributed by atoms with Crippen LogP contribution in [0.2, 0.25) is 5.02 Å². The van der Waals surface area contributed by atoms with Gasteiger partial charge in [0.15, 0.2) is 0 Å². The van der Waals surface area contributed by atoms with Gasteiger partial charge in [-0.1, -0.05) is 28.9 Å². The van der Waals surface area contributed by atoms with Crippen LogP contribution >= 0.6 is 11.6 Å². The van der Waals surface area contributed by atoms with Gasteiger partial charge in [-0.3, -0.25) is 0 Å². The summed E-state index contributed by atoms with van der Waals surface area (Å²) in [7, 11) is 1.51. The molecular formula is C14H12ClNO3. The van der Waals surface area contributed by atoms with Crippen molar-refractivity contribution in [3.8, 4) is 11.5 Å². The van der Waals surface area contributed by atoms with Gasteiger partial charge >= 0.3 is 0 Å². The Hall–Kier alpha value is -2.20. The van der Waals surface area contributed by atoms with Crippen molar-refractivity contribution < 1.29 is 15.1 Å². The molecule has 98 valence electrons. The normalized spacial score (nSPS) is 11.4. The van der Waals surface area contributed by atoms with Gasteiger partial charge in [-0.25, -0.2) is 0 Å². The van der Waals surface area contributed by atoms with Crippen molar-refractivity contribution in [2.45, 2.75) is 0 Å². The molecule has 0 radical (unpaired) electrons. The second kappa shape index (κ2) is 5.63. The maximum atomic E-state index is 9.94. The van der Waals surface area contributed by atoms with Crippen molar-refractivity contribution in [2.75, 3.05) is 7.11 Å². The highest BCUT2D eigenvalue weighted by Crippen LogP contribution is 2.26. The van der Waals surface area contributed by atoms with Crippen molar-refractivity contribution in [3.63, 3.8) is 0 Å². The molecule has 0 aromatic heterocycles. The van der Waals surface area contributed by atoms with E-state index in [2.05, 4.69) is 5.16 Å². The van der Waals surface area contributed by atoms with Crippen LogP contribution in [0.25, 0.3) is 0 Å². The van der Waals surface area contributed by atoms with Crippen LogP contribution in [0.5, 0.6) is 11.5 Å². The first-order valence-electron chi connectivity index (χ1n) is 5.51. The zero-order valence-corrected chi connectivity index (χ0v) is 10.9. The number of hydrogen-bond acceptors (Lipinski definition) is 4. The first-order chi connectivity index (χ1) is 9.15. The molecule has 0 aliphatic heterocycles. The molecule has 0 spiro atoms. The summed E-state index contributed by atoms with van der Waals surface area (Å²) in [5.41, 5.74) is 1.31.